The smallest absolute Gasteiger partial charge is 1.00 e. The number of hydrogen-bond acceptors (Lipinski definition) is 0. The van der Waals surface area contributed by atoms with Crippen molar-refractivity contribution in [1.82, 2.24) is 0 Å². The summed E-state index contributed by atoms with van der Waals surface area (Å²) in [6.45, 7) is 2.16. The Bertz CT molecular complexity index is 65.8. The number of rotatable bonds is 3. The molecular formula is C7H11CuI. The van der Waals surface area contributed by atoms with E-state index in [1.54, 1.807) is 0 Å². The van der Waals surface area contributed by atoms with Crippen molar-refractivity contribution in [3.05, 3.63) is 6.42 Å². The number of unbranched alkanes of at least 4 members (excludes halogenated alkanes) is 3. The molecule has 0 saturated carbocycles. The fourth-order valence-electron chi connectivity index (χ4n) is 0.463. The molecule has 0 atom stereocenters. The van der Waals surface area contributed by atoms with Crippen LogP contribution < -0.4 is 24.0 Å². The Morgan fingerprint density at radius 3 is 2.22 bits per heavy atom. The van der Waals surface area contributed by atoms with Crippen LogP contribution in [0.5, 0.6) is 0 Å². The standard InChI is InChI=1S/C7H11.Cu.HI/c1-3-5-7-6-4-2;;/h3,5-7H2,1H3;;1H/q;+1;/p-1. The molecule has 0 aliphatic rings. The van der Waals surface area contributed by atoms with E-state index in [-0.39, 0.29) is 41.0 Å². The third kappa shape index (κ3) is 17.7. The Hall–Kier alpha value is 0.809. The quantitative estimate of drug-likeness (QED) is 0.275. The molecule has 0 aromatic heterocycles. The summed E-state index contributed by atoms with van der Waals surface area (Å²) in [5.41, 5.74) is 0. The molecule has 0 N–H and O–H groups in total. The molecule has 0 nitrogen and oxygen atoms in total. The maximum Gasteiger partial charge on any atom is 1.00 e. The van der Waals surface area contributed by atoms with E-state index in [9.17, 15) is 0 Å². The molecule has 0 heterocycles. The van der Waals surface area contributed by atoms with Crippen molar-refractivity contribution >= 4 is 0 Å². The Balaban J connectivity index is -0.000000180. The zero-order valence-electron chi connectivity index (χ0n) is 5.51. The molecule has 0 aliphatic carbocycles. The molecule has 0 aromatic carbocycles. The molecule has 0 fully saturated rings. The molecular weight excluding hydrogens is 275 g/mol. The summed E-state index contributed by atoms with van der Waals surface area (Å²) in [6, 6.07) is 0. The second kappa shape index (κ2) is 15.9. The summed E-state index contributed by atoms with van der Waals surface area (Å²) in [7, 11) is 0. The van der Waals surface area contributed by atoms with Crippen molar-refractivity contribution in [3.8, 4) is 5.92 Å². The molecule has 0 unspecified atom stereocenters. The average Bonchev–Trinajstić information content (AvgIpc) is 1.69. The molecule has 1 radical (unpaired) electrons. The van der Waals surface area contributed by atoms with E-state index >= 15 is 0 Å². The van der Waals surface area contributed by atoms with Crippen LogP contribution >= 0.6 is 0 Å². The van der Waals surface area contributed by atoms with E-state index in [0.717, 1.165) is 12.8 Å². The summed E-state index contributed by atoms with van der Waals surface area (Å²) in [5.74, 6) is 2.35. The molecule has 0 aliphatic heterocycles. The van der Waals surface area contributed by atoms with Crippen LogP contribution in [-0.4, -0.2) is 0 Å². The van der Waals surface area contributed by atoms with E-state index in [1.165, 1.54) is 12.8 Å². The fourth-order valence-corrected chi connectivity index (χ4v) is 0.463. The van der Waals surface area contributed by atoms with Gasteiger partial charge >= 0.3 is 17.1 Å². The summed E-state index contributed by atoms with van der Waals surface area (Å²) in [4.78, 5) is 0. The summed E-state index contributed by atoms with van der Waals surface area (Å²) >= 11 is 0. The predicted octanol–water partition coefficient (Wildman–Crippen LogP) is -0.842. The molecule has 57 valence electrons. The Labute approximate surface area is 85.7 Å². The average molecular weight is 286 g/mol. The second-order valence-corrected chi connectivity index (χ2v) is 1.63. The van der Waals surface area contributed by atoms with Crippen molar-refractivity contribution in [3.63, 3.8) is 0 Å². The van der Waals surface area contributed by atoms with Crippen LogP contribution in [0, 0.1) is 12.3 Å². The normalized spacial score (nSPS) is 6.22. The van der Waals surface area contributed by atoms with E-state index < -0.39 is 0 Å². The van der Waals surface area contributed by atoms with Gasteiger partial charge in [-0.05, 0) is 12.8 Å². The van der Waals surface area contributed by atoms with Gasteiger partial charge in [0.25, 0.3) is 0 Å². The van der Waals surface area contributed by atoms with Gasteiger partial charge in [0.05, 0.1) is 0 Å². The van der Waals surface area contributed by atoms with Gasteiger partial charge in [0.15, 0.2) is 0 Å². The Morgan fingerprint density at radius 2 is 1.89 bits per heavy atom. The van der Waals surface area contributed by atoms with Crippen LogP contribution in [0.1, 0.15) is 32.6 Å². The van der Waals surface area contributed by atoms with Gasteiger partial charge in [-0.15, -0.1) is 0 Å². The zero-order valence-corrected chi connectivity index (χ0v) is 8.61. The molecule has 0 aromatic rings. The minimum Gasteiger partial charge on any atom is -1.00 e. The monoisotopic (exact) mass is 285 g/mol. The summed E-state index contributed by atoms with van der Waals surface area (Å²) in [6.07, 6.45) is 11.0. The number of halogens is 1. The molecule has 0 amide bonds. The Morgan fingerprint density at radius 1 is 1.33 bits per heavy atom. The third-order valence-corrected chi connectivity index (χ3v) is 0.905. The van der Waals surface area contributed by atoms with Crippen LogP contribution in [0.3, 0.4) is 0 Å². The first kappa shape index (κ1) is 16.4. The predicted molar refractivity (Wildman–Crippen MR) is 31.3 cm³/mol. The van der Waals surface area contributed by atoms with Gasteiger partial charge < -0.3 is 24.0 Å². The molecule has 0 rings (SSSR count). The zero-order chi connectivity index (χ0) is 5.54. The fraction of sp³-hybridized carbons (Fsp3) is 0.714. The van der Waals surface area contributed by atoms with Gasteiger partial charge in [0, 0.05) is 6.42 Å². The minimum atomic E-state index is 0. The van der Waals surface area contributed by atoms with Crippen molar-refractivity contribution in [2.24, 2.45) is 0 Å². The Kier molecular flexibility index (Phi) is 29.0. The van der Waals surface area contributed by atoms with Gasteiger partial charge in [-0.1, -0.05) is 25.7 Å². The first-order valence-electron chi connectivity index (χ1n) is 2.81. The molecule has 0 saturated heterocycles. The van der Waals surface area contributed by atoms with Crippen molar-refractivity contribution in [1.29, 1.82) is 0 Å². The van der Waals surface area contributed by atoms with Crippen LogP contribution in [0.4, 0.5) is 0 Å². The first-order chi connectivity index (χ1) is 3.41. The van der Waals surface area contributed by atoms with Gasteiger partial charge in [0.2, 0.25) is 0 Å². The van der Waals surface area contributed by atoms with E-state index in [1.807, 2.05) is 0 Å². The second-order valence-electron chi connectivity index (χ2n) is 1.63. The van der Waals surface area contributed by atoms with Gasteiger partial charge in [0.1, 0.15) is 0 Å². The number of hydrogen-bond donors (Lipinski definition) is 0. The largest absolute Gasteiger partial charge is 1.00 e. The summed E-state index contributed by atoms with van der Waals surface area (Å²) in [5, 5.41) is 0. The maximum atomic E-state index is 6.53. The molecule has 2 heteroatoms. The molecule has 0 spiro atoms. The topological polar surface area (TPSA) is 0 Å². The van der Waals surface area contributed by atoms with E-state index in [0.29, 0.717) is 0 Å². The summed E-state index contributed by atoms with van der Waals surface area (Å²) < 4.78 is 0. The maximum absolute atomic E-state index is 6.53. The van der Waals surface area contributed by atoms with Crippen LogP contribution in [0.15, 0.2) is 0 Å². The van der Waals surface area contributed by atoms with Gasteiger partial charge in [-0.25, -0.2) is 0 Å². The first-order valence-corrected chi connectivity index (χ1v) is 2.81. The van der Waals surface area contributed by atoms with Crippen molar-refractivity contribution in [2.45, 2.75) is 32.6 Å². The van der Waals surface area contributed by atoms with Crippen molar-refractivity contribution in [2.75, 3.05) is 0 Å². The van der Waals surface area contributed by atoms with Crippen LogP contribution in [-0.2, 0) is 17.1 Å². The third-order valence-electron chi connectivity index (χ3n) is 0.905. The van der Waals surface area contributed by atoms with Crippen LogP contribution in [0.25, 0.3) is 0 Å². The van der Waals surface area contributed by atoms with E-state index in [4.69, 9.17) is 6.42 Å². The SMILES string of the molecule is [C]#CCCCCC.[Cu+].[I-]. The van der Waals surface area contributed by atoms with E-state index in [2.05, 4.69) is 12.8 Å². The minimum absolute atomic E-state index is 0. The van der Waals surface area contributed by atoms with Gasteiger partial charge in [-0.2, -0.15) is 0 Å². The molecule has 9 heavy (non-hydrogen) atoms. The van der Waals surface area contributed by atoms with Gasteiger partial charge in [-0.3, -0.25) is 0 Å². The van der Waals surface area contributed by atoms with Crippen molar-refractivity contribution < 1.29 is 41.0 Å². The molecule has 0 bridgehead atoms. The van der Waals surface area contributed by atoms with Crippen LogP contribution in [0.2, 0.25) is 0 Å².